The van der Waals surface area contributed by atoms with Crippen molar-refractivity contribution in [2.75, 3.05) is 11.8 Å². The van der Waals surface area contributed by atoms with Gasteiger partial charge in [-0.2, -0.15) is 12.7 Å². The predicted octanol–water partition coefficient (Wildman–Crippen LogP) is 1.13. The molecule has 90 valence electrons. The van der Waals surface area contributed by atoms with Gasteiger partial charge in [0.1, 0.15) is 5.15 Å². The molecule has 0 aromatic carbocycles. The fourth-order valence-corrected chi connectivity index (χ4v) is 2.08. The summed E-state index contributed by atoms with van der Waals surface area (Å²) in [5, 5.41) is 0.132. The van der Waals surface area contributed by atoms with Gasteiger partial charge in [-0.1, -0.05) is 11.6 Å². The number of rotatable bonds is 4. The molecule has 0 aliphatic carbocycles. The minimum absolute atomic E-state index is 0.0972. The first-order valence-corrected chi connectivity index (χ1v) is 6.38. The highest BCUT2D eigenvalue weighted by Crippen LogP contribution is 2.11. The van der Waals surface area contributed by atoms with Crippen LogP contribution in [0.4, 0.5) is 5.82 Å². The SMILES string of the molecule is CC(C)N(C)S(=O)(=O)Nc1cncc(Cl)n1. The van der Waals surface area contributed by atoms with Crippen LogP contribution in [-0.4, -0.2) is 35.8 Å². The van der Waals surface area contributed by atoms with E-state index in [1.54, 1.807) is 13.8 Å². The molecule has 0 amide bonds. The van der Waals surface area contributed by atoms with Crippen LogP contribution in [-0.2, 0) is 10.2 Å². The van der Waals surface area contributed by atoms with E-state index in [2.05, 4.69) is 14.7 Å². The fraction of sp³-hybridized carbons (Fsp3) is 0.500. The van der Waals surface area contributed by atoms with Crippen molar-refractivity contribution in [1.29, 1.82) is 0 Å². The normalized spacial score (nSPS) is 12.1. The Morgan fingerprint density at radius 3 is 2.56 bits per heavy atom. The summed E-state index contributed by atoms with van der Waals surface area (Å²) < 4.78 is 27.0. The number of aromatic nitrogens is 2. The summed E-state index contributed by atoms with van der Waals surface area (Å²) >= 11 is 5.59. The molecule has 0 spiro atoms. The Labute approximate surface area is 99.8 Å². The summed E-state index contributed by atoms with van der Waals surface area (Å²) in [5.41, 5.74) is 0. The van der Waals surface area contributed by atoms with E-state index >= 15 is 0 Å². The molecule has 1 aromatic rings. The first-order valence-electron chi connectivity index (χ1n) is 4.56. The summed E-state index contributed by atoms with van der Waals surface area (Å²) in [5.74, 6) is 0.0972. The van der Waals surface area contributed by atoms with Crippen LogP contribution < -0.4 is 4.72 Å². The zero-order valence-electron chi connectivity index (χ0n) is 9.18. The Morgan fingerprint density at radius 1 is 1.44 bits per heavy atom. The monoisotopic (exact) mass is 264 g/mol. The molecule has 1 rings (SSSR count). The van der Waals surface area contributed by atoms with Crippen molar-refractivity contribution in [3.8, 4) is 0 Å². The second-order valence-corrected chi connectivity index (χ2v) is 5.56. The maximum Gasteiger partial charge on any atom is 0.302 e. The van der Waals surface area contributed by atoms with Crippen molar-refractivity contribution in [3.63, 3.8) is 0 Å². The quantitative estimate of drug-likeness (QED) is 0.885. The van der Waals surface area contributed by atoms with Gasteiger partial charge in [-0.3, -0.25) is 9.71 Å². The van der Waals surface area contributed by atoms with Crippen molar-refractivity contribution < 1.29 is 8.42 Å². The Balaban J connectivity index is 2.89. The standard InChI is InChI=1S/C8H13ClN4O2S/c1-6(2)13(3)16(14,15)12-8-5-10-4-7(9)11-8/h4-6H,1-3H3,(H,11,12). The molecule has 0 fully saturated rings. The molecule has 0 aliphatic heterocycles. The van der Waals surface area contributed by atoms with Gasteiger partial charge >= 0.3 is 10.2 Å². The van der Waals surface area contributed by atoms with Gasteiger partial charge in [0.2, 0.25) is 0 Å². The maximum atomic E-state index is 11.8. The van der Waals surface area contributed by atoms with E-state index in [9.17, 15) is 8.42 Å². The van der Waals surface area contributed by atoms with E-state index in [1.807, 2.05) is 0 Å². The van der Waals surface area contributed by atoms with Gasteiger partial charge in [-0.15, -0.1) is 0 Å². The van der Waals surface area contributed by atoms with E-state index in [0.29, 0.717) is 0 Å². The van der Waals surface area contributed by atoms with E-state index in [-0.39, 0.29) is 17.0 Å². The number of hydrogen-bond donors (Lipinski definition) is 1. The Bertz CT molecular complexity index is 463. The zero-order valence-corrected chi connectivity index (χ0v) is 10.7. The largest absolute Gasteiger partial charge is 0.302 e. The molecule has 1 N–H and O–H groups in total. The molecule has 8 heteroatoms. The zero-order chi connectivity index (χ0) is 12.3. The van der Waals surface area contributed by atoms with E-state index in [1.165, 1.54) is 23.7 Å². The van der Waals surface area contributed by atoms with E-state index in [4.69, 9.17) is 11.6 Å². The average molecular weight is 265 g/mol. The number of anilines is 1. The second-order valence-electron chi connectivity index (χ2n) is 3.44. The highest BCUT2D eigenvalue weighted by Gasteiger charge is 2.20. The van der Waals surface area contributed by atoms with Gasteiger partial charge in [-0.25, -0.2) is 4.98 Å². The lowest BCUT2D eigenvalue weighted by atomic mass is 10.4. The molecular weight excluding hydrogens is 252 g/mol. The van der Waals surface area contributed by atoms with Crippen LogP contribution in [0.2, 0.25) is 5.15 Å². The smallest absolute Gasteiger partial charge is 0.258 e. The average Bonchev–Trinajstić information content (AvgIpc) is 2.15. The van der Waals surface area contributed by atoms with Crippen LogP contribution in [0.25, 0.3) is 0 Å². The number of hydrogen-bond acceptors (Lipinski definition) is 4. The lowest BCUT2D eigenvalue weighted by Crippen LogP contribution is -2.37. The van der Waals surface area contributed by atoms with Gasteiger partial charge in [-0.05, 0) is 13.8 Å². The predicted molar refractivity (Wildman–Crippen MR) is 62.5 cm³/mol. The molecule has 1 heterocycles. The summed E-state index contributed by atoms with van der Waals surface area (Å²) in [6, 6.07) is -0.148. The molecule has 0 saturated heterocycles. The van der Waals surface area contributed by atoms with Gasteiger partial charge < -0.3 is 0 Å². The minimum Gasteiger partial charge on any atom is -0.258 e. The summed E-state index contributed by atoms with van der Waals surface area (Å²) in [6.45, 7) is 3.53. The van der Waals surface area contributed by atoms with Crippen molar-refractivity contribution in [2.45, 2.75) is 19.9 Å². The molecule has 16 heavy (non-hydrogen) atoms. The Kier molecular flexibility index (Phi) is 4.06. The summed E-state index contributed by atoms with van der Waals surface area (Å²) in [4.78, 5) is 7.52. The van der Waals surface area contributed by atoms with Crippen LogP contribution in [0.1, 0.15) is 13.8 Å². The molecule has 0 saturated carbocycles. The summed E-state index contributed by atoms with van der Waals surface area (Å²) in [6.07, 6.45) is 2.61. The van der Waals surface area contributed by atoms with Crippen molar-refractivity contribution >= 4 is 27.6 Å². The summed E-state index contributed by atoms with van der Waals surface area (Å²) in [7, 11) is -2.13. The third-order valence-electron chi connectivity index (χ3n) is 1.95. The third kappa shape index (κ3) is 3.29. The van der Waals surface area contributed by atoms with E-state index < -0.39 is 10.2 Å². The molecule has 1 aromatic heterocycles. The lowest BCUT2D eigenvalue weighted by molar-refractivity contribution is 0.414. The second kappa shape index (κ2) is 4.94. The molecule has 0 atom stereocenters. The van der Waals surface area contributed by atoms with E-state index in [0.717, 1.165) is 0 Å². The minimum atomic E-state index is -3.61. The first kappa shape index (κ1) is 13.1. The third-order valence-corrected chi connectivity index (χ3v) is 3.77. The molecular formula is C8H13ClN4O2S. The van der Waals surface area contributed by atoms with Crippen molar-refractivity contribution in [1.82, 2.24) is 14.3 Å². The molecule has 0 radical (unpaired) electrons. The van der Waals surface area contributed by atoms with Gasteiger partial charge in [0, 0.05) is 13.1 Å². The number of halogens is 1. The van der Waals surface area contributed by atoms with Gasteiger partial charge in [0.05, 0.1) is 12.4 Å². The van der Waals surface area contributed by atoms with Crippen molar-refractivity contribution in [3.05, 3.63) is 17.5 Å². The Hall–Kier alpha value is -0.920. The molecule has 0 bridgehead atoms. The number of nitrogens with zero attached hydrogens (tertiary/aromatic N) is 3. The van der Waals surface area contributed by atoms with Gasteiger partial charge in [0.25, 0.3) is 0 Å². The lowest BCUT2D eigenvalue weighted by Gasteiger charge is -2.21. The molecule has 0 unspecified atom stereocenters. The van der Waals surface area contributed by atoms with Crippen LogP contribution in [0, 0.1) is 0 Å². The van der Waals surface area contributed by atoms with Crippen LogP contribution >= 0.6 is 11.6 Å². The van der Waals surface area contributed by atoms with Crippen LogP contribution in [0.15, 0.2) is 12.4 Å². The first-order chi connectivity index (χ1) is 7.33. The highest BCUT2D eigenvalue weighted by atomic mass is 35.5. The Morgan fingerprint density at radius 2 is 2.06 bits per heavy atom. The maximum absolute atomic E-state index is 11.8. The topological polar surface area (TPSA) is 75.2 Å². The fourth-order valence-electron chi connectivity index (χ4n) is 0.873. The number of nitrogens with one attached hydrogen (secondary N) is 1. The molecule has 6 nitrogen and oxygen atoms in total. The van der Waals surface area contributed by atoms with Crippen molar-refractivity contribution in [2.24, 2.45) is 0 Å². The van der Waals surface area contributed by atoms with Gasteiger partial charge in [0.15, 0.2) is 5.82 Å². The molecule has 0 aliphatic rings. The van der Waals surface area contributed by atoms with Crippen LogP contribution in [0.3, 0.4) is 0 Å². The highest BCUT2D eigenvalue weighted by molar-refractivity contribution is 7.90. The van der Waals surface area contributed by atoms with Crippen LogP contribution in [0.5, 0.6) is 0 Å².